The van der Waals surface area contributed by atoms with Crippen molar-refractivity contribution in [3.63, 3.8) is 0 Å². The first-order valence-electron chi connectivity index (χ1n) is 7.51. The van der Waals surface area contributed by atoms with Crippen molar-refractivity contribution in [2.24, 2.45) is 0 Å². The number of hydrogen-bond acceptors (Lipinski definition) is 4. The molecule has 2 aromatic rings. The maximum absolute atomic E-state index is 13.9. The summed E-state index contributed by atoms with van der Waals surface area (Å²) in [5.41, 5.74) is 0.508. The predicted octanol–water partition coefficient (Wildman–Crippen LogP) is 2.83. The summed E-state index contributed by atoms with van der Waals surface area (Å²) in [6.07, 6.45) is -0.652. The standard InChI is InChI=1S/C17H19FN2O4/c1-4-23-17(22)13-9-14(15(20-13)16(21)19-3)24-10(2)11-7-5-6-8-12(11)18/h5-10,20H,4H2,1-3H3,(H,19,21)/t10-/m0/s1. The first-order valence-corrected chi connectivity index (χ1v) is 7.51. The Morgan fingerprint density at radius 3 is 2.67 bits per heavy atom. The summed E-state index contributed by atoms with van der Waals surface area (Å²) < 4.78 is 24.5. The van der Waals surface area contributed by atoms with Crippen molar-refractivity contribution in [3.8, 4) is 5.75 Å². The third kappa shape index (κ3) is 3.73. The van der Waals surface area contributed by atoms with Gasteiger partial charge in [-0.05, 0) is 19.9 Å². The van der Waals surface area contributed by atoms with Crippen molar-refractivity contribution in [1.29, 1.82) is 0 Å². The highest BCUT2D eigenvalue weighted by atomic mass is 19.1. The van der Waals surface area contributed by atoms with Crippen LogP contribution in [0.5, 0.6) is 5.75 Å². The Kier molecular flexibility index (Phi) is 5.57. The Balaban J connectivity index is 2.32. The number of esters is 1. The number of ether oxygens (including phenoxy) is 2. The minimum absolute atomic E-state index is 0.0729. The number of carbonyl (C=O) groups is 2. The Morgan fingerprint density at radius 1 is 1.33 bits per heavy atom. The van der Waals surface area contributed by atoms with Gasteiger partial charge in [-0.2, -0.15) is 0 Å². The summed E-state index contributed by atoms with van der Waals surface area (Å²) in [7, 11) is 1.46. The maximum atomic E-state index is 13.9. The Morgan fingerprint density at radius 2 is 2.04 bits per heavy atom. The molecule has 1 atom stereocenters. The number of nitrogens with one attached hydrogen (secondary N) is 2. The van der Waals surface area contributed by atoms with Crippen molar-refractivity contribution < 1.29 is 23.5 Å². The Bertz CT molecular complexity index is 742. The van der Waals surface area contributed by atoms with Gasteiger partial charge >= 0.3 is 5.97 Å². The molecule has 0 spiro atoms. The zero-order valence-electron chi connectivity index (χ0n) is 13.7. The van der Waals surface area contributed by atoms with Gasteiger partial charge in [-0.15, -0.1) is 0 Å². The molecule has 0 aliphatic rings. The molecule has 0 bridgehead atoms. The zero-order chi connectivity index (χ0) is 17.7. The third-order valence-corrected chi connectivity index (χ3v) is 3.38. The molecular formula is C17H19FN2O4. The van der Waals surface area contributed by atoms with Crippen LogP contribution in [-0.2, 0) is 4.74 Å². The van der Waals surface area contributed by atoms with Gasteiger partial charge in [0.1, 0.15) is 23.3 Å². The zero-order valence-corrected chi connectivity index (χ0v) is 13.7. The molecule has 0 unspecified atom stereocenters. The molecule has 1 amide bonds. The van der Waals surface area contributed by atoms with Gasteiger partial charge in [0.05, 0.1) is 6.61 Å². The van der Waals surface area contributed by atoms with Crippen LogP contribution in [0.15, 0.2) is 30.3 Å². The van der Waals surface area contributed by atoms with Crippen LogP contribution in [-0.4, -0.2) is 30.5 Å². The van der Waals surface area contributed by atoms with E-state index in [0.29, 0.717) is 5.56 Å². The fourth-order valence-corrected chi connectivity index (χ4v) is 2.20. The summed E-state index contributed by atoms with van der Waals surface area (Å²) in [5, 5.41) is 2.45. The van der Waals surface area contributed by atoms with Crippen LogP contribution in [0.4, 0.5) is 4.39 Å². The second-order valence-electron chi connectivity index (χ2n) is 5.00. The number of aromatic nitrogens is 1. The highest BCUT2D eigenvalue weighted by molar-refractivity contribution is 5.98. The van der Waals surface area contributed by atoms with E-state index in [1.54, 1.807) is 32.0 Å². The van der Waals surface area contributed by atoms with Crippen LogP contribution in [0.25, 0.3) is 0 Å². The molecule has 2 N–H and O–H groups in total. The van der Waals surface area contributed by atoms with E-state index in [1.807, 2.05) is 0 Å². The van der Waals surface area contributed by atoms with Gasteiger partial charge < -0.3 is 19.8 Å². The molecule has 1 aromatic heterocycles. The highest BCUT2D eigenvalue weighted by Crippen LogP contribution is 2.28. The van der Waals surface area contributed by atoms with Gasteiger partial charge in [0.15, 0.2) is 5.75 Å². The summed E-state index contributed by atoms with van der Waals surface area (Å²) >= 11 is 0. The molecule has 24 heavy (non-hydrogen) atoms. The van der Waals surface area contributed by atoms with E-state index < -0.39 is 23.8 Å². The van der Waals surface area contributed by atoms with Gasteiger partial charge in [-0.3, -0.25) is 4.79 Å². The van der Waals surface area contributed by atoms with Gasteiger partial charge in [-0.25, -0.2) is 9.18 Å². The summed E-state index contributed by atoms with van der Waals surface area (Å²) in [5.74, 6) is -1.32. The Labute approximate surface area is 139 Å². The topological polar surface area (TPSA) is 80.4 Å². The molecule has 0 radical (unpaired) electrons. The van der Waals surface area contributed by atoms with E-state index in [4.69, 9.17) is 9.47 Å². The molecule has 0 aliphatic carbocycles. The first kappa shape index (κ1) is 17.5. The minimum atomic E-state index is -0.652. The third-order valence-electron chi connectivity index (χ3n) is 3.38. The maximum Gasteiger partial charge on any atom is 0.354 e. The molecule has 0 aliphatic heterocycles. The quantitative estimate of drug-likeness (QED) is 0.796. The first-order chi connectivity index (χ1) is 11.5. The van der Waals surface area contributed by atoms with Crippen LogP contribution in [0, 0.1) is 5.82 Å². The lowest BCUT2D eigenvalue weighted by Gasteiger charge is -2.15. The lowest BCUT2D eigenvalue weighted by molar-refractivity contribution is 0.0520. The molecule has 2 rings (SSSR count). The number of halogens is 1. The molecule has 1 aromatic carbocycles. The van der Waals surface area contributed by atoms with Gasteiger partial charge in [0.25, 0.3) is 5.91 Å². The molecule has 0 fully saturated rings. The number of rotatable bonds is 6. The van der Waals surface area contributed by atoms with Crippen molar-refractivity contribution in [2.45, 2.75) is 20.0 Å². The molecule has 1 heterocycles. The van der Waals surface area contributed by atoms with Crippen LogP contribution >= 0.6 is 0 Å². The smallest absolute Gasteiger partial charge is 0.354 e. The molecule has 6 nitrogen and oxygen atoms in total. The van der Waals surface area contributed by atoms with Crippen molar-refractivity contribution in [2.75, 3.05) is 13.7 Å². The minimum Gasteiger partial charge on any atom is -0.483 e. The van der Waals surface area contributed by atoms with Crippen molar-refractivity contribution in [3.05, 3.63) is 53.1 Å². The van der Waals surface area contributed by atoms with E-state index in [0.717, 1.165) is 0 Å². The second-order valence-corrected chi connectivity index (χ2v) is 5.00. The van der Waals surface area contributed by atoms with E-state index in [2.05, 4.69) is 10.3 Å². The predicted molar refractivity (Wildman–Crippen MR) is 85.6 cm³/mol. The average molecular weight is 334 g/mol. The molecule has 128 valence electrons. The summed E-state index contributed by atoms with van der Waals surface area (Å²) in [4.78, 5) is 26.5. The average Bonchev–Trinajstić information content (AvgIpc) is 2.98. The van der Waals surface area contributed by atoms with Crippen LogP contribution < -0.4 is 10.1 Å². The SMILES string of the molecule is CCOC(=O)c1cc(O[C@@H](C)c2ccccc2F)c(C(=O)NC)[nH]1. The van der Waals surface area contributed by atoms with Crippen molar-refractivity contribution >= 4 is 11.9 Å². The number of carbonyl (C=O) groups excluding carboxylic acids is 2. The van der Waals surface area contributed by atoms with E-state index >= 15 is 0 Å². The second kappa shape index (κ2) is 7.63. The van der Waals surface area contributed by atoms with Gasteiger partial charge in [-0.1, -0.05) is 18.2 Å². The highest BCUT2D eigenvalue weighted by Gasteiger charge is 2.22. The summed E-state index contributed by atoms with van der Waals surface area (Å²) in [6.45, 7) is 3.54. The van der Waals surface area contributed by atoms with Crippen molar-refractivity contribution in [1.82, 2.24) is 10.3 Å². The molecule has 0 saturated carbocycles. The van der Waals surface area contributed by atoms with E-state index in [9.17, 15) is 14.0 Å². The number of H-pyrrole nitrogens is 1. The molecule has 0 saturated heterocycles. The van der Waals surface area contributed by atoms with Gasteiger partial charge in [0, 0.05) is 18.7 Å². The van der Waals surface area contributed by atoms with Crippen LogP contribution in [0.2, 0.25) is 0 Å². The number of amides is 1. The Hall–Kier alpha value is -2.83. The number of benzene rings is 1. The normalized spacial score (nSPS) is 11.7. The number of hydrogen-bond donors (Lipinski definition) is 2. The lowest BCUT2D eigenvalue weighted by atomic mass is 10.1. The van der Waals surface area contributed by atoms with Crippen LogP contribution in [0.3, 0.4) is 0 Å². The summed E-state index contributed by atoms with van der Waals surface area (Å²) in [6, 6.07) is 7.57. The fraction of sp³-hybridized carbons (Fsp3) is 0.294. The fourth-order valence-electron chi connectivity index (χ4n) is 2.20. The van der Waals surface area contributed by atoms with Gasteiger partial charge in [0.2, 0.25) is 0 Å². The largest absolute Gasteiger partial charge is 0.483 e. The van der Waals surface area contributed by atoms with E-state index in [1.165, 1.54) is 19.2 Å². The monoisotopic (exact) mass is 334 g/mol. The van der Waals surface area contributed by atoms with E-state index in [-0.39, 0.29) is 23.7 Å². The lowest BCUT2D eigenvalue weighted by Crippen LogP contribution is -2.20. The molecular weight excluding hydrogens is 315 g/mol. The number of aromatic amines is 1. The van der Waals surface area contributed by atoms with Crippen LogP contribution in [0.1, 0.15) is 46.5 Å². The molecule has 7 heteroatoms.